The summed E-state index contributed by atoms with van der Waals surface area (Å²) in [6, 6.07) is 0. The van der Waals surface area contributed by atoms with E-state index >= 15 is 0 Å². The zero-order valence-electron chi connectivity index (χ0n) is 6.05. The van der Waals surface area contributed by atoms with Gasteiger partial charge < -0.3 is 9.47 Å². The first-order chi connectivity index (χ1) is 4.79. The van der Waals surface area contributed by atoms with Gasteiger partial charge in [-0.2, -0.15) is 0 Å². The second-order valence-electron chi connectivity index (χ2n) is 1.34. The van der Waals surface area contributed by atoms with E-state index < -0.39 is 11.9 Å². The molecule has 1 heterocycles. The lowest BCUT2D eigenvalue weighted by Crippen LogP contribution is -2.28. The Morgan fingerprint density at radius 1 is 1.10 bits per heavy atom. The van der Waals surface area contributed by atoms with Gasteiger partial charge in [0.25, 0.3) is 0 Å². The molecule has 10 heavy (non-hydrogen) atoms. The van der Waals surface area contributed by atoms with Crippen molar-refractivity contribution in [2.45, 2.75) is 13.8 Å². The van der Waals surface area contributed by atoms with Gasteiger partial charge in [0.15, 0.2) is 0 Å². The maximum absolute atomic E-state index is 10.1. The molecule has 1 rings (SSSR count). The van der Waals surface area contributed by atoms with E-state index in [0.29, 0.717) is 0 Å². The van der Waals surface area contributed by atoms with Gasteiger partial charge in [0.05, 0.1) is 0 Å². The van der Waals surface area contributed by atoms with Crippen LogP contribution in [0.1, 0.15) is 13.8 Å². The molecule has 1 saturated heterocycles. The van der Waals surface area contributed by atoms with Crippen LogP contribution in [0.2, 0.25) is 0 Å². The minimum absolute atomic E-state index is 0.105. The Bertz CT molecular complexity index is 116. The van der Waals surface area contributed by atoms with Gasteiger partial charge in [-0.25, -0.2) is 9.59 Å². The summed E-state index contributed by atoms with van der Waals surface area (Å²) in [5, 5.41) is 0. The number of ether oxygens (including phenoxy) is 2. The molecule has 0 N–H and O–H groups in total. The van der Waals surface area contributed by atoms with E-state index in [-0.39, 0.29) is 13.2 Å². The SMILES string of the molecule is CC.O=C1COCC(=O)O1. The van der Waals surface area contributed by atoms with Crippen LogP contribution in [0.25, 0.3) is 0 Å². The zero-order chi connectivity index (χ0) is 7.98. The molecule has 58 valence electrons. The van der Waals surface area contributed by atoms with Gasteiger partial charge in [-0.15, -0.1) is 0 Å². The number of rotatable bonds is 0. The Morgan fingerprint density at radius 3 is 1.70 bits per heavy atom. The minimum Gasteiger partial charge on any atom is -0.390 e. The largest absolute Gasteiger partial charge is 0.390 e. The van der Waals surface area contributed by atoms with Gasteiger partial charge in [0, 0.05) is 0 Å². The number of carbonyl (C=O) groups is 2. The standard InChI is InChI=1S/C4H4O4.C2H6/c5-3-1-7-2-4(6)8-3;1-2/h1-2H2;1-2H3. The van der Waals surface area contributed by atoms with Crippen LogP contribution >= 0.6 is 0 Å². The Kier molecular flexibility index (Phi) is 4.49. The molecule has 0 aromatic heterocycles. The molecule has 1 fully saturated rings. The average Bonchev–Trinajstić information content (AvgIpc) is 1.91. The fraction of sp³-hybridized carbons (Fsp3) is 0.667. The van der Waals surface area contributed by atoms with Crippen LogP contribution in [0.15, 0.2) is 0 Å². The molecule has 0 amide bonds. The predicted octanol–water partition coefficient (Wildman–Crippen LogP) is 0.113. The Morgan fingerprint density at radius 2 is 1.50 bits per heavy atom. The lowest BCUT2D eigenvalue weighted by molar-refractivity contribution is -0.174. The van der Waals surface area contributed by atoms with Crippen molar-refractivity contribution < 1.29 is 19.1 Å². The van der Waals surface area contributed by atoms with Crippen molar-refractivity contribution in [3.8, 4) is 0 Å². The van der Waals surface area contributed by atoms with E-state index in [1.165, 1.54) is 0 Å². The van der Waals surface area contributed by atoms with Crippen molar-refractivity contribution in [2.24, 2.45) is 0 Å². The second kappa shape index (κ2) is 4.93. The second-order valence-corrected chi connectivity index (χ2v) is 1.34. The average molecular weight is 146 g/mol. The van der Waals surface area contributed by atoms with Crippen LogP contribution in [0.3, 0.4) is 0 Å². The van der Waals surface area contributed by atoms with Crippen LogP contribution in [-0.4, -0.2) is 25.2 Å². The molecule has 1 aliphatic rings. The number of hydrogen-bond donors (Lipinski definition) is 0. The number of esters is 2. The molecule has 0 spiro atoms. The summed E-state index contributed by atoms with van der Waals surface area (Å²) in [6.45, 7) is 3.79. The summed E-state index contributed by atoms with van der Waals surface area (Å²) in [5.74, 6) is -1.22. The summed E-state index contributed by atoms with van der Waals surface area (Å²) < 4.78 is 8.55. The van der Waals surface area contributed by atoms with Gasteiger partial charge in [0.1, 0.15) is 13.2 Å². The third-order valence-corrected chi connectivity index (χ3v) is 0.667. The van der Waals surface area contributed by atoms with Gasteiger partial charge in [-0.05, 0) is 0 Å². The third-order valence-electron chi connectivity index (χ3n) is 0.667. The molecule has 0 radical (unpaired) electrons. The van der Waals surface area contributed by atoms with Crippen molar-refractivity contribution in [3.05, 3.63) is 0 Å². The monoisotopic (exact) mass is 146 g/mol. The fourth-order valence-electron chi connectivity index (χ4n) is 0.404. The van der Waals surface area contributed by atoms with Gasteiger partial charge in [-0.3, -0.25) is 0 Å². The Labute approximate surface area is 59.1 Å². The number of hydrogen-bond acceptors (Lipinski definition) is 4. The zero-order valence-corrected chi connectivity index (χ0v) is 6.05. The topological polar surface area (TPSA) is 52.6 Å². The smallest absolute Gasteiger partial charge is 0.339 e. The van der Waals surface area contributed by atoms with E-state index in [0.717, 1.165) is 0 Å². The summed E-state index contributed by atoms with van der Waals surface area (Å²) >= 11 is 0. The van der Waals surface area contributed by atoms with E-state index in [1.54, 1.807) is 0 Å². The van der Waals surface area contributed by atoms with E-state index in [1.807, 2.05) is 13.8 Å². The van der Waals surface area contributed by atoms with Crippen LogP contribution < -0.4 is 0 Å². The highest BCUT2D eigenvalue weighted by Gasteiger charge is 2.16. The highest BCUT2D eigenvalue weighted by Crippen LogP contribution is 1.90. The highest BCUT2D eigenvalue weighted by molar-refractivity contribution is 5.88. The minimum atomic E-state index is -0.610. The van der Waals surface area contributed by atoms with Gasteiger partial charge in [0.2, 0.25) is 0 Å². The molecule has 4 heteroatoms. The molecule has 0 atom stereocenters. The molecule has 0 bridgehead atoms. The summed E-state index contributed by atoms with van der Waals surface area (Å²) in [6.07, 6.45) is 0. The van der Waals surface area contributed by atoms with Crippen LogP contribution in [0, 0.1) is 0 Å². The molecule has 0 unspecified atom stereocenters. The Balaban J connectivity index is 0.000000371. The van der Waals surface area contributed by atoms with Crippen LogP contribution in [-0.2, 0) is 19.1 Å². The molecule has 0 aromatic carbocycles. The summed E-state index contributed by atoms with van der Waals surface area (Å²) in [4.78, 5) is 20.2. The predicted molar refractivity (Wildman–Crippen MR) is 33.3 cm³/mol. The van der Waals surface area contributed by atoms with Crippen molar-refractivity contribution >= 4 is 11.9 Å². The maximum Gasteiger partial charge on any atom is 0.339 e. The van der Waals surface area contributed by atoms with Gasteiger partial charge in [-0.1, -0.05) is 13.8 Å². The fourth-order valence-corrected chi connectivity index (χ4v) is 0.404. The normalized spacial score (nSPS) is 17.0. The van der Waals surface area contributed by atoms with E-state index in [2.05, 4.69) is 9.47 Å². The maximum atomic E-state index is 10.1. The van der Waals surface area contributed by atoms with Crippen molar-refractivity contribution in [3.63, 3.8) is 0 Å². The van der Waals surface area contributed by atoms with E-state index in [9.17, 15) is 9.59 Å². The molecule has 1 aliphatic heterocycles. The molecular formula is C6H10O4. The molecular weight excluding hydrogens is 136 g/mol. The first-order valence-corrected chi connectivity index (χ1v) is 3.10. The summed E-state index contributed by atoms with van der Waals surface area (Å²) in [7, 11) is 0. The molecule has 0 aromatic rings. The summed E-state index contributed by atoms with van der Waals surface area (Å²) in [5.41, 5.74) is 0. The van der Waals surface area contributed by atoms with Crippen LogP contribution in [0.5, 0.6) is 0 Å². The lowest BCUT2D eigenvalue weighted by Gasteiger charge is -2.07. The molecule has 0 saturated carbocycles. The highest BCUT2D eigenvalue weighted by atomic mass is 16.6. The quantitative estimate of drug-likeness (QED) is 0.359. The third kappa shape index (κ3) is 3.19. The molecule has 4 nitrogen and oxygen atoms in total. The van der Waals surface area contributed by atoms with Crippen molar-refractivity contribution in [2.75, 3.05) is 13.2 Å². The van der Waals surface area contributed by atoms with E-state index in [4.69, 9.17) is 0 Å². The first kappa shape index (κ1) is 9.10. The van der Waals surface area contributed by atoms with Crippen molar-refractivity contribution in [1.82, 2.24) is 0 Å². The number of cyclic esters (lactones) is 2. The van der Waals surface area contributed by atoms with Crippen molar-refractivity contribution in [1.29, 1.82) is 0 Å². The first-order valence-electron chi connectivity index (χ1n) is 3.10. The number of carbonyl (C=O) groups excluding carboxylic acids is 2. The Hall–Kier alpha value is -0.900. The van der Waals surface area contributed by atoms with Gasteiger partial charge >= 0.3 is 11.9 Å². The lowest BCUT2D eigenvalue weighted by atomic mass is 10.6. The molecule has 0 aliphatic carbocycles. The van der Waals surface area contributed by atoms with Crippen LogP contribution in [0.4, 0.5) is 0 Å².